The smallest absolute Gasteiger partial charge is 0.104 e. The van der Waals surface area contributed by atoms with Crippen LogP contribution in [0.3, 0.4) is 0 Å². The van der Waals surface area contributed by atoms with Crippen molar-refractivity contribution in [3.05, 3.63) is 59.0 Å². The fourth-order valence-electron chi connectivity index (χ4n) is 2.22. The van der Waals surface area contributed by atoms with Gasteiger partial charge in [-0.15, -0.1) is 0 Å². The van der Waals surface area contributed by atoms with Gasteiger partial charge in [-0.2, -0.15) is 0 Å². The Kier molecular flexibility index (Phi) is 5.49. The van der Waals surface area contributed by atoms with Gasteiger partial charge in [-0.05, 0) is 36.7 Å². The third-order valence-corrected chi connectivity index (χ3v) is 3.53. The summed E-state index contributed by atoms with van der Waals surface area (Å²) >= 11 is 6.31. The van der Waals surface area contributed by atoms with Gasteiger partial charge in [-0.3, -0.25) is 0 Å². The first kappa shape index (κ1) is 14.2. The van der Waals surface area contributed by atoms with Gasteiger partial charge in [0, 0.05) is 23.9 Å². The van der Waals surface area contributed by atoms with Gasteiger partial charge < -0.3 is 9.73 Å². The van der Waals surface area contributed by atoms with Crippen molar-refractivity contribution in [2.24, 2.45) is 0 Å². The molecule has 0 radical (unpaired) electrons. The second-order valence-corrected chi connectivity index (χ2v) is 5.11. The van der Waals surface area contributed by atoms with Gasteiger partial charge in [0.05, 0.1) is 6.26 Å². The molecule has 0 fully saturated rings. The number of rotatable bonds is 7. The molecule has 0 bridgehead atoms. The second kappa shape index (κ2) is 7.37. The lowest BCUT2D eigenvalue weighted by molar-refractivity contribution is 0.473. The molecule has 1 heterocycles. The normalized spacial score (nSPS) is 12.5. The molecule has 2 aromatic rings. The van der Waals surface area contributed by atoms with Gasteiger partial charge in [0.2, 0.25) is 0 Å². The third kappa shape index (κ3) is 4.12. The summed E-state index contributed by atoms with van der Waals surface area (Å²) in [6.07, 6.45) is 3.72. The molecule has 102 valence electrons. The van der Waals surface area contributed by atoms with Crippen LogP contribution in [0.15, 0.2) is 47.1 Å². The summed E-state index contributed by atoms with van der Waals surface area (Å²) < 4.78 is 5.46. The summed E-state index contributed by atoms with van der Waals surface area (Å²) in [7, 11) is 0. The maximum absolute atomic E-state index is 6.31. The zero-order valence-electron chi connectivity index (χ0n) is 11.2. The number of hydrogen-bond acceptors (Lipinski definition) is 2. The van der Waals surface area contributed by atoms with Crippen molar-refractivity contribution in [1.82, 2.24) is 5.32 Å². The van der Waals surface area contributed by atoms with E-state index in [9.17, 15) is 0 Å². The van der Waals surface area contributed by atoms with Crippen molar-refractivity contribution in [2.75, 3.05) is 13.1 Å². The number of furan rings is 1. The van der Waals surface area contributed by atoms with Gasteiger partial charge >= 0.3 is 0 Å². The average molecular weight is 278 g/mol. The first-order chi connectivity index (χ1) is 9.31. The van der Waals surface area contributed by atoms with E-state index in [4.69, 9.17) is 16.0 Å². The Bertz CT molecular complexity index is 481. The molecule has 0 aliphatic rings. The minimum absolute atomic E-state index is 0.339. The average Bonchev–Trinajstić information content (AvgIpc) is 2.91. The molecule has 1 unspecified atom stereocenters. The topological polar surface area (TPSA) is 25.2 Å². The SMILES string of the molecule is CCCNCC(Cc1ccco1)c1ccccc1Cl. The number of hydrogen-bond donors (Lipinski definition) is 1. The van der Waals surface area contributed by atoms with E-state index < -0.39 is 0 Å². The van der Waals surface area contributed by atoms with Crippen LogP contribution in [-0.4, -0.2) is 13.1 Å². The quantitative estimate of drug-likeness (QED) is 0.765. The molecule has 0 aliphatic carbocycles. The van der Waals surface area contributed by atoms with Crippen LogP contribution >= 0.6 is 11.6 Å². The zero-order valence-corrected chi connectivity index (χ0v) is 12.0. The lowest BCUT2D eigenvalue weighted by atomic mass is 9.94. The molecule has 3 heteroatoms. The fraction of sp³-hybridized carbons (Fsp3) is 0.375. The molecule has 0 saturated carbocycles. The Morgan fingerprint density at radius 3 is 2.74 bits per heavy atom. The summed E-state index contributed by atoms with van der Waals surface area (Å²) in [5.74, 6) is 1.34. The van der Waals surface area contributed by atoms with Crippen LogP contribution in [0.5, 0.6) is 0 Å². The van der Waals surface area contributed by atoms with Crippen molar-refractivity contribution in [3.63, 3.8) is 0 Å². The van der Waals surface area contributed by atoms with E-state index in [2.05, 4.69) is 18.3 Å². The molecular weight excluding hydrogens is 258 g/mol. The molecule has 2 rings (SSSR count). The van der Waals surface area contributed by atoms with Crippen LogP contribution in [-0.2, 0) is 6.42 Å². The van der Waals surface area contributed by atoms with Gasteiger partial charge in [-0.25, -0.2) is 0 Å². The minimum Gasteiger partial charge on any atom is -0.469 e. The summed E-state index contributed by atoms with van der Waals surface area (Å²) in [5, 5.41) is 4.30. The Morgan fingerprint density at radius 2 is 2.05 bits per heavy atom. The minimum atomic E-state index is 0.339. The van der Waals surface area contributed by atoms with Crippen LogP contribution in [0, 0.1) is 0 Å². The maximum Gasteiger partial charge on any atom is 0.104 e. The first-order valence-corrected chi connectivity index (χ1v) is 7.16. The van der Waals surface area contributed by atoms with Crippen LogP contribution in [0.25, 0.3) is 0 Å². The molecule has 0 amide bonds. The summed E-state index contributed by atoms with van der Waals surface area (Å²) in [4.78, 5) is 0. The highest BCUT2D eigenvalue weighted by molar-refractivity contribution is 6.31. The Morgan fingerprint density at radius 1 is 1.21 bits per heavy atom. The Labute approximate surface area is 119 Å². The van der Waals surface area contributed by atoms with Crippen LogP contribution in [0.4, 0.5) is 0 Å². The van der Waals surface area contributed by atoms with Crippen LogP contribution < -0.4 is 5.32 Å². The summed E-state index contributed by atoms with van der Waals surface area (Å²) in [5.41, 5.74) is 1.18. The van der Waals surface area contributed by atoms with E-state index in [0.717, 1.165) is 36.7 Å². The fourth-order valence-corrected chi connectivity index (χ4v) is 2.51. The van der Waals surface area contributed by atoms with E-state index in [1.807, 2.05) is 30.3 Å². The molecule has 1 aromatic carbocycles. The van der Waals surface area contributed by atoms with Crippen molar-refractivity contribution in [1.29, 1.82) is 0 Å². The van der Waals surface area contributed by atoms with Gasteiger partial charge in [0.25, 0.3) is 0 Å². The Hall–Kier alpha value is -1.25. The highest BCUT2D eigenvalue weighted by Crippen LogP contribution is 2.27. The lowest BCUT2D eigenvalue weighted by Gasteiger charge is -2.18. The van der Waals surface area contributed by atoms with Gasteiger partial charge in [0.15, 0.2) is 0 Å². The molecular formula is C16H20ClNO. The van der Waals surface area contributed by atoms with Crippen molar-refractivity contribution in [3.8, 4) is 0 Å². The number of halogens is 1. The van der Waals surface area contributed by atoms with Gasteiger partial charge in [-0.1, -0.05) is 36.7 Å². The number of nitrogens with one attached hydrogen (secondary N) is 1. The second-order valence-electron chi connectivity index (χ2n) is 4.71. The van der Waals surface area contributed by atoms with Crippen LogP contribution in [0.1, 0.15) is 30.6 Å². The Balaban J connectivity index is 2.11. The van der Waals surface area contributed by atoms with Crippen molar-refractivity contribution in [2.45, 2.75) is 25.7 Å². The maximum atomic E-state index is 6.31. The molecule has 1 N–H and O–H groups in total. The third-order valence-electron chi connectivity index (χ3n) is 3.19. The molecule has 19 heavy (non-hydrogen) atoms. The predicted octanol–water partition coefficient (Wildman–Crippen LogP) is 4.26. The van der Waals surface area contributed by atoms with E-state index >= 15 is 0 Å². The summed E-state index contributed by atoms with van der Waals surface area (Å²) in [6.45, 7) is 4.11. The largest absolute Gasteiger partial charge is 0.469 e. The van der Waals surface area contributed by atoms with E-state index in [1.54, 1.807) is 6.26 Å². The van der Waals surface area contributed by atoms with Gasteiger partial charge in [0.1, 0.15) is 5.76 Å². The van der Waals surface area contributed by atoms with Crippen molar-refractivity contribution < 1.29 is 4.42 Å². The standard InChI is InChI=1S/C16H20ClNO/c1-2-9-18-12-13(11-14-6-5-10-19-14)15-7-3-4-8-16(15)17/h3-8,10,13,18H,2,9,11-12H2,1H3. The molecule has 1 aromatic heterocycles. The predicted molar refractivity (Wildman–Crippen MR) is 79.8 cm³/mol. The molecule has 0 spiro atoms. The highest BCUT2D eigenvalue weighted by atomic mass is 35.5. The summed E-state index contributed by atoms with van der Waals surface area (Å²) in [6, 6.07) is 12.0. The van der Waals surface area contributed by atoms with Crippen LogP contribution in [0.2, 0.25) is 5.02 Å². The monoisotopic (exact) mass is 277 g/mol. The first-order valence-electron chi connectivity index (χ1n) is 6.78. The number of benzene rings is 1. The molecule has 0 aliphatic heterocycles. The van der Waals surface area contributed by atoms with E-state index in [1.165, 1.54) is 5.56 Å². The van der Waals surface area contributed by atoms with Crippen molar-refractivity contribution >= 4 is 11.6 Å². The molecule has 1 atom stereocenters. The van der Waals surface area contributed by atoms with E-state index in [0.29, 0.717) is 5.92 Å². The molecule has 2 nitrogen and oxygen atoms in total. The highest BCUT2D eigenvalue weighted by Gasteiger charge is 2.16. The molecule has 0 saturated heterocycles. The lowest BCUT2D eigenvalue weighted by Crippen LogP contribution is -2.23. The zero-order chi connectivity index (χ0) is 13.5. The van der Waals surface area contributed by atoms with E-state index in [-0.39, 0.29) is 0 Å².